The number of carbonyl (C=O) groups is 1. The molecule has 0 bridgehead atoms. The lowest BCUT2D eigenvalue weighted by Crippen LogP contribution is -2.26. The maximum absolute atomic E-state index is 12.6. The number of aromatic nitrogens is 3. The van der Waals surface area contributed by atoms with Gasteiger partial charge in [0, 0.05) is 11.9 Å². The fourth-order valence-corrected chi connectivity index (χ4v) is 5.89. The Kier molecular flexibility index (Phi) is 5.95. The molecule has 0 saturated carbocycles. The van der Waals surface area contributed by atoms with E-state index in [1.165, 1.54) is 16.6 Å². The molecule has 3 aromatic heterocycles. The quantitative estimate of drug-likeness (QED) is 0.550. The number of amides is 1. The van der Waals surface area contributed by atoms with Crippen molar-refractivity contribution in [2.75, 3.05) is 11.1 Å². The molecule has 0 radical (unpaired) electrons. The molecule has 4 rings (SSSR count). The van der Waals surface area contributed by atoms with Gasteiger partial charge in [0.15, 0.2) is 16.7 Å². The molecule has 3 heterocycles. The molecule has 1 aliphatic carbocycles. The maximum atomic E-state index is 12.6. The largest absolute Gasteiger partial charge is 0.461 e. The number of nitriles is 1. The molecule has 0 fully saturated rings. The van der Waals surface area contributed by atoms with Crippen LogP contribution in [-0.4, -0.2) is 26.4 Å². The molecule has 1 N–H and O–H groups in total. The van der Waals surface area contributed by atoms with E-state index in [9.17, 15) is 10.1 Å². The number of hydrogen-bond donors (Lipinski definition) is 1. The summed E-state index contributed by atoms with van der Waals surface area (Å²) in [6, 6.07) is 5.93. The first-order valence-corrected chi connectivity index (χ1v) is 12.0. The Morgan fingerprint density at radius 1 is 1.45 bits per heavy atom. The van der Waals surface area contributed by atoms with Gasteiger partial charge in [0.05, 0.1) is 17.6 Å². The smallest absolute Gasteiger partial charge is 0.235 e. The molecule has 0 saturated heterocycles. The number of fused-ring (bicyclic) bond motifs is 1. The van der Waals surface area contributed by atoms with Crippen LogP contribution in [0.15, 0.2) is 28.0 Å². The van der Waals surface area contributed by atoms with E-state index in [0.29, 0.717) is 33.2 Å². The van der Waals surface area contributed by atoms with Gasteiger partial charge in [-0.15, -0.1) is 21.5 Å². The first-order valence-electron chi connectivity index (χ1n) is 10.2. The van der Waals surface area contributed by atoms with Crippen LogP contribution in [0.2, 0.25) is 0 Å². The highest BCUT2D eigenvalue weighted by molar-refractivity contribution is 7.99. The molecule has 1 aliphatic rings. The zero-order valence-corrected chi connectivity index (χ0v) is 19.7. The molecule has 7 nitrogen and oxygen atoms in total. The summed E-state index contributed by atoms with van der Waals surface area (Å²) in [7, 11) is 1.84. The highest BCUT2D eigenvalue weighted by Gasteiger charge is 2.32. The zero-order valence-electron chi connectivity index (χ0n) is 18.1. The van der Waals surface area contributed by atoms with Gasteiger partial charge < -0.3 is 14.3 Å². The van der Waals surface area contributed by atoms with E-state index < -0.39 is 0 Å². The van der Waals surface area contributed by atoms with Gasteiger partial charge in [-0.3, -0.25) is 4.79 Å². The molecule has 31 heavy (non-hydrogen) atoms. The minimum Gasteiger partial charge on any atom is -0.461 e. The van der Waals surface area contributed by atoms with Crippen LogP contribution in [0.5, 0.6) is 0 Å². The molecule has 162 valence electrons. The second-order valence-electron chi connectivity index (χ2n) is 8.80. The highest BCUT2D eigenvalue weighted by atomic mass is 32.2. The van der Waals surface area contributed by atoms with Gasteiger partial charge in [0.2, 0.25) is 5.91 Å². The Morgan fingerprint density at radius 3 is 2.94 bits per heavy atom. The van der Waals surface area contributed by atoms with Gasteiger partial charge in [-0.25, -0.2) is 0 Å². The average molecular weight is 456 g/mol. The summed E-state index contributed by atoms with van der Waals surface area (Å²) in [4.78, 5) is 13.9. The van der Waals surface area contributed by atoms with Crippen molar-refractivity contribution < 1.29 is 9.21 Å². The van der Waals surface area contributed by atoms with Crippen molar-refractivity contribution in [3.8, 4) is 17.7 Å². The lowest BCUT2D eigenvalue weighted by atomic mass is 9.72. The zero-order chi connectivity index (χ0) is 22.2. The lowest BCUT2D eigenvalue weighted by molar-refractivity contribution is -0.113. The van der Waals surface area contributed by atoms with Crippen LogP contribution in [0.4, 0.5) is 5.00 Å². The van der Waals surface area contributed by atoms with E-state index >= 15 is 0 Å². The van der Waals surface area contributed by atoms with Gasteiger partial charge in [-0.1, -0.05) is 32.5 Å². The van der Waals surface area contributed by atoms with Crippen LogP contribution in [-0.2, 0) is 24.7 Å². The lowest BCUT2D eigenvalue weighted by Gasteiger charge is -2.33. The fraction of sp³-hybridized carbons (Fsp3) is 0.455. The summed E-state index contributed by atoms with van der Waals surface area (Å²) in [5.41, 5.74) is 1.98. The standard InChI is InChI=1S/C22H25N5O2S2/c1-22(2,3)13-7-8-14-15(11-23)20(31-17(14)10-13)24-18(28)12-30-21-26-25-19(27(21)4)16-6-5-9-29-16/h5-6,9,13H,7-8,10,12H2,1-4H3,(H,24,28). The van der Waals surface area contributed by atoms with Crippen LogP contribution in [0.25, 0.3) is 11.6 Å². The predicted octanol–water partition coefficient (Wildman–Crippen LogP) is 4.89. The van der Waals surface area contributed by atoms with Crippen molar-refractivity contribution in [2.45, 2.75) is 45.2 Å². The summed E-state index contributed by atoms with van der Waals surface area (Å²) in [6.07, 6.45) is 4.53. The van der Waals surface area contributed by atoms with Crippen molar-refractivity contribution >= 4 is 34.0 Å². The van der Waals surface area contributed by atoms with Gasteiger partial charge in [0.25, 0.3) is 0 Å². The van der Waals surface area contributed by atoms with Crippen LogP contribution >= 0.6 is 23.1 Å². The Labute approximate surface area is 189 Å². The van der Waals surface area contributed by atoms with Crippen LogP contribution in [0.3, 0.4) is 0 Å². The summed E-state index contributed by atoms with van der Waals surface area (Å²) >= 11 is 2.85. The van der Waals surface area contributed by atoms with E-state index in [1.54, 1.807) is 28.2 Å². The highest BCUT2D eigenvalue weighted by Crippen LogP contribution is 2.44. The number of furan rings is 1. The van der Waals surface area contributed by atoms with E-state index in [2.05, 4.69) is 42.4 Å². The van der Waals surface area contributed by atoms with Crippen LogP contribution in [0.1, 0.15) is 43.2 Å². The Morgan fingerprint density at radius 2 is 2.26 bits per heavy atom. The van der Waals surface area contributed by atoms with Gasteiger partial charge >= 0.3 is 0 Å². The van der Waals surface area contributed by atoms with Gasteiger partial charge in [0.1, 0.15) is 11.1 Å². The number of hydrogen-bond acceptors (Lipinski definition) is 7. The number of thioether (sulfide) groups is 1. The molecule has 1 unspecified atom stereocenters. The minimum atomic E-state index is -0.157. The number of nitrogens with zero attached hydrogens (tertiary/aromatic N) is 4. The third-order valence-corrected chi connectivity index (χ3v) is 7.95. The van der Waals surface area contributed by atoms with E-state index in [1.807, 2.05) is 13.1 Å². The van der Waals surface area contributed by atoms with E-state index in [-0.39, 0.29) is 17.1 Å². The topological polar surface area (TPSA) is 96.7 Å². The number of anilines is 1. The summed E-state index contributed by atoms with van der Waals surface area (Å²) in [6.45, 7) is 6.81. The molecule has 3 aromatic rings. The number of nitrogens with one attached hydrogen (secondary N) is 1. The molecular formula is C22H25N5O2S2. The van der Waals surface area contributed by atoms with Crippen molar-refractivity contribution in [3.05, 3.63) is 34.4 Å². The van der Waals surface area contributed by atoms with Crippen LogP contribution in [0, 0.1) is 22.7 Å². The SMILES string of the molecule is Cn1c(SCC(=O)Nc2sc3c(c2C#N)CCC(C(C)(C)C)C3)nnc1-c1ccco1. The predicted molar refractivity (Wildman–Crippen MR) is 122 cm³/mol. The third-order valence-electron chi connectivity index (χ3n) is 5.76. The molecule has 1 amide bonds. The summed E-state index contributed by atoms with van der Waals surface area (Å²) in [5.74, 6) is 1.85. The third kappa shape index (κ3) is 4.41. The molecular weight excluding hydrogens is 430 g/mol. The fourth-order valence-electron chi connectivity index (χ4n) is 3.89. The Bertz CT molecular complexity index is 1130. The second-order valence-corrected chi connectivity index (χ2v) is 10.9. The maximum Gasteiger partial charge on any atom is 0.235 e. The number of rotatable bonds is 5. The Hall–Kier alpha value is -2.57. The van der Waals surface area contributed by atoms with Crippen molar-refractivity contribution in [1.82, 2.24) is 14.8 Å². The van der Waals surface area contributed by atoms with Gasteiger partial charge in [-0.2, -0.15) is 5.26 Å². The molecule has 9 heteroatoms. The van der Waals surface area contributed by atoms with Crippen molar-refractivity contribution in [3.63, 3.8) is 0 Å². The minimum absolute atomic E-state index is 0.157. The normalized spacial score (nSPS) is 16.0. The van der Waals surface area contributed by atoms with Gasteiger partial charge in [-0.05, 0) is 48.3 Å². The molecule has 0 spiro atoms. The number of thiophene rings is 1. The van der Waals surface area contributed by atoms with Crippen LogP contribution < -0.4 is 5.32 Å². The monoisotopic (exact) mass is 455 g/mol. The Balaban J connectivity index is 1.43. The molecule has 0 aromatic carbocycles. The van der Waals surface area contributed by atoms with E-state index in [4.69, 9.17) is 4.42 Å². The summed E-state index contributed by atoms with van der Waals surface area (Å²) < 4.78 is 7.17. The summed E-state index contributed by atoms with van der Waals surface area (Å²) in [5, 5.41) is 22.3. The van der Waals surface area contributed by atoms with Crippen molar-refractivity contribution in [2.24, 2.45) is 18.4 Å². The first-order chi connectivity index (χ1) is 14.8. The van der Waals surface area contributed by atoms with E-state index in [0.717, 1.165) is 24.8 Å². The second kappa shape index (κ2) is 8.52. The number of carbonyl (C=O) groups excluding carboxylic acids is 1. The van der Waals surface area contributed by atoms with Crippen molar-refractivity contribution in [1.29, 1.82) is 5.26 Å². The molecule has 0 aliphatic heterocycles. The first kappa shape index (κ1) is 21.7. The molecule has 1 atom stereocenters. The average Bonchev–Trinajstić information content (AvgIpc) is 3.43.